The van der Waals surface area contributed by atoms with E-state index in [9.17, 15) is 14.4 Å². The lowest BCUT2D eigenvalue weighted by atomic mass is 10.2. The summed E-state index contributed by atoms with van der Waals surface area (Å²) in [6.45, 7) is 7.22. The molecule has 0 amide bonds. The van der Waals surface area contributed by atoms with Crippen LogP contribution in [0.4, 0.5) is 0 Å². The van der Waals surface area contributed by atoms with Gasteiger partial charge in [-0.3, -0.25) is 9.59 Å². The molecule has 0 bridgehead atoms. The molecule has 5 nitrogen and oxygen atoms in total. The van der Waals surface area contributed by atoms with Crippen LogP contribution < -0.4 is 0 Å². The molecule has 0 saturated heterocycles. The van der Waals surface area contributed by atoms with Crippen LogP contribution in [0, 0.1) is 0 Å². The zero-order valence-electron chi connectivity index (χ0n) is 9.03. The van der Waals surface area contributed by atoms with Crippen molar-refractivity contribution in [1.82, 2.24) is 0 Å². The molecule has 5 heteroatoms. The molecule has 0 aromatic heterocycles. The third kappa shape index (κ3) is 5.61. The number of Topliss-reactive ketones (excluding diaryl/α,β-unsaturated/α-hetero) is 1. The minimum Gasteiger partial charge on any atom is -0.459 e. The van der Waals surface area contributed by atoms with Gasteiger partial charge >= 0.3 is 11.9 Å². The van der Waals surface area contributed by atoms with E-state index in [4.69, 9.17) is 9.47 Å². The van der Waals surface area contributed by atoms with Gasteiger partial charge in [-0.15, -0.1) is 0 Å². The molecule has 0 N–H and O–H groups in total. The Morgan fingerprint density at radius 2 is 1.80 bits per heavy atom. The molecule has 1 unspecified atom stereocenters. The fourth-order valence-electron chi connectivity index (χ4n) is 0.741. The first-order chi connectivity index (χ1) is 6.84. The maximum absolute atomic E-state index is 11.1. The molecule has 0 saturated carbocycles. The lowest BCUT2D eigenvalue weighted by Crippen LogP contribution is -2.22. The number of rotatable bonds is 5. The summed E-state index contributed by atoms with van der Waals surface area (Å²) in [5, 5.41) is 0. The van der Waals surface area contributed by atoms with Crippen LogP contribution in [0.3, 0.4) is 0 Å². The van der Waals surface area contributed by atoms with Crippen LogP contribution in [0.25, 0.3) is 0 Å². The first kappa shape index (κ1) is 13.4. The Hall–Kier alpha value is -1.65. The van der Waals surface area contributed by atoms with Crippen molar-refractivity contribution in [2.75, 3.05) is 6.61 Å². The van der Waals surface area contributed by atoms with Gasteiger partial charge in [0.2, 0.25) is 0 Å². The van der Waals surface area contributed by atoms with E-state index in [2.05, 4.69) is 6.58 Å². The van der Waals surface area contributed by atoms with Crippen LogP contribution >= 0.6 is 0 Å². The highest BCUT2D eigenvalue weighted by atomic mass is 16.6. The summed E-state index contributed by atoms with van der Waals surface area (Å²) >= 11 is 0. The highest BCUT2D eigenvalue weighted by Gasteiger charge is 2.15. The molecule has 0 aliphatic carbocycles. The Bertz CT molecular complexity index is 292. The summed E-state index contributed by atoms with van der Waals surface area (Å²) in [6.07, 6.45) is -0.536. The third-order valence-electron chi connectivity index (χ3n) is 1.49. The summed E-state index contributed by atoms with van der Waals surface area (Å²) < 4.78 is 9.40. The molecule has 0 spiro atoms. The summed E-state index contributed by atoms with van der Waals surface area (Å²) in [7, 11) is 0. The number of ketones is 1. The molecule has 84 valence electrons. The quantitative estimate of drug-likeness (QED) is 0.290. The number of esters is 2. The second kappa shape index (κ2) is 5.95. The van der Waals surface area contributed by atoms with Crippen molar-refractivity contribution < 1.29 is 23.9 Å². The van der Waals surface area contributed by atoms with Crippen molar-refractivity contribution in [3.63, 3.8) is 0 Å². The van der Waals surface area contributed by atoms with Crippen molar-refractivity contribution in [2.45, 2.75) is 26.9 Å². The van der Waals surface area contributed by atoms with E-state index in [1.54, 1.807) is 6.92 Å². The maximum Gasteiger partial charge on any atom is 0.341 e. The molecule has 1 atom stereocenters. The number of carbonyl (C=O) groups excluding carboxylic acids is 3. The van der Waals surface area contributed by atoms with Crippen molar-refractivity contribution in [3.05, 3.63) is 12.2 Å². The average Bonchev–Trinajstić information content (AvgIpc) is 2.11. The molecule has 15 heavy (non-hydrogen) atoms. The van der Waals surface area contributed by atoms with Gasteiger partial charge in [0, 0.05) is 6.92 Å². The Morgan fingerprint density at radius 3 is 2.20 bits per heavy atom. The summed E-state index contributed by atoms with van der Waals surface area (Å²) in [4.78, 5) is 32.3. The van der Waals surface area contributed by atoms with Crippen LogP contribution in [0.15, 0.2) is 12.2 Å². The van der Waals surface area contributed by atoms with Crippen LogP contribution in [-0.4, -0.2) is 30.4 Å². The lowest BCUT2D eigenvalue weighted by Gasteiger charge is -2.12. The van der Waals surface area contributed by atoms with Gasteiger partial charge in [-0.05, 0) is 13.8 Å². The third-order valence-corrected chi connectivity index (χ3v) is 1.49. The highest BCUT2D eigenvalue weighted by Crippen LogP contribution is 1.99. The van der Waals surface area contributed by atoms with Gasteiger partial charge in [-0.2, -0.15) is 0 Å². The fourth-order valence-corrected chi connectivity index (χ4v) is 0.741. The van der Waals surface area contributed by atoms with Crippen molar-refractivity contribution in [3.8, 4) is 0 Å². The monoisotopic (exact) mass is 214 g/mol. The van der Waals surface area contributed by atoms with E-state index >= 15 is 0 Å². The molecular formula is C10H14O5. The molecule has 0 aromatic carbocycles. The molecule has 0 rings (SSSR count). The first-order valence-electron chi connectivity index (χ1n) is 4.38. The smallest absolute Gasteiger partial charge is 0.341 e. The van der Waals surface area contributed by atoms with Gasteiger partial charge in [0.1, 0.15) is 12.7 Å². The minimum absolute atomic E-state index is 0.0925. The molecule has 0 heterocycles. The second-order valence-electron chi connectivity index (χ2n) is 3.05. The Morgan fingerprint density at radius 1 is 1.27 bits per heavy atom. The van der Waals surface area contributed by atoms with Gasteiger partial charge in [0.15, 0.2) is 5.78 Å². The fraction of sp³-hybridized carbons (Fsp3) is 0.500. The molecule has 0 fully saturated rings. The van der Waals surface area contributed by atoms with Gasteiger partial charge in [-0.25, -0.2) is 4.79 Å². The van der Waals surface area contributed by atoms with Crippen molar-refractivity contribution in [2.24, 2.45) is 0 Å². The lowest BCUT2D eigenvalue weighted by molar-refractivity contribution is -0.154. The summed E-state index contributed by atoms with van der Waals surface area (Å²) in [6, 6.07) is 0. The topological polar surface area (TPSA) is 69.7 Å². The number of ether oxygens (including phenoxy) is 2. The van der Waals surface area contributed by atoms with Crippen LogP contribution in [0.1, 0.15) is 20.8 Å². The van der Waals surface area contributed by atoms with Crippen molar-refractivity contribution in [1.29, 1.82) is 0 Å². The Labute approximate surface area is 88.0 Å². The molecular weight excluding hydrogens is 200 g/mol. The number of hydrogen-bond donors (Lipinski definition) is 0. The van der Waals surface area contributed by atoms with E-state index in [0.717, 1.165) is 0 Å². The molecule has 0 aromatic rings. The Kier molecular flexibility index (Phi) is 5.30. The zero-order chi connectivity index (χ0) is 12.0. The van der Waals surface area contributed by atoms with Crippen molar-refractivity contribution >= 4 is 17.7 Å². The second-order valence-corrected chi connectivity index (χ2v) is 3.05. The van der Waals surface area contributed by atoms with Gasteiger partial charge < -0.3 is 9.47 Å². The highest BCUT2D eigenvalue weighted by molar-refractivity contribution is 6.15. The van der Waals surface area contributed by atoms with Crippen LogP contribution in [0.2, 0.25) is 0 Å². The van der Waals surface area contributed by atoms with E-state index < -0.39 is 23.8 Å². The SMILES string of the molecule is C=C(C(C)=O)C(=O)OCC(C)OC(C)=O. The number of carbonyl (C=O) groups is 3. The van der Waals surface area contributed by atoms with E-state index in [0.29, 0.717) is 0 Å². The summed E-state index contributed by atoms with van der Waals surface area (Å²) in [5.74, 6) is -1.69. The van der Waals surface area contributed by atoms with Crippen LogP contribution in [0.5, 0.6) is 0 Å². The normalized spacial score (nSPS) is 11.4. The molecule has 0 aliphatic heterocycles. The van der Waals surface area contributed by atoms with E-state index in [1.165, 1.54) is 13.8 Å². The summed E-state index contributed by atoms with van der Waals surface area (Å²) in [5.41, 5.74) is -0.218. The van der Waals surface area contributed by atoms with E-state index in [-0.39, 0.29) is 12.2 Å². The first-order valence-corrected chi connectivity index (χ1v) is 4.38. The Balaban J connectivity index is 3.95. The standard InChI is InChI=1S/C10H14O5/c1-6(15-9(4)12)5-14-10(13)7(2)8(3)11/h6H,2,5H2,1,3-4H3. The van der Waals surface area contributed by atoms with Gasteiger partial charge in [0.25, 0.3) is 0 Å². The minimum atomic E-state index is -0.790. The average molecular weight is 214 g/mol. The predicted octanol–water partition coefficient (Wildman–Crippen LogP) is 0.626. The predicted molar refractivity (Wildman–Crippen MR) is 52.0 cm³/mol. The van der Waals surface area contributed by atoms with Gasteiger partial charge in [-0.1, -0.05) is 6.58 Å². The number of hydrogen-bond acceptors (Lipinski definition) is 5. The van der Waals surface area contributed by atoms with Crippen LogP contribution in [-0.2, 0) is 23.9 Å². The molecule has 0 radical (unpaired) electrons. The van der Waals surface area contributed by atoms with Gasteiger partial charge in [0.05, 0.1) is 5.57 Å². The van der Waals surface area contributed by atoms with E-state index in [1.807, 2.05) is 0 Å². The zero-order valence-corrected chi connectivity index (χ0v) is 9.03. The maximum atomic E-state index is 11.1. The molecule has 0 aliphatic rings. The largest absolute Gasteiger partial charge is 0.459 e.